The molecule has 0 aliphatic heterocycles. The Bertz CT molecular complexity index is 2440. The first-order valence-corrected chi connectivity index (χ1v) is 16.6. The third-order valence-electron chi connectivity index (χ3n) is 8.31. The van der Waals surface area contributed by atoms with Crippen LogP contribution in [0.4, 0.5) is 5.69 Å². The number of rotatable bonds is 4. The van der Waals surface area contributed by atoms with Crippen molar-refractivity contribution < 1.29 is 0 Å². The van der Waals surface area contributed by atoms with E-state index in [-0.39, 0.29) is 0 Å². The third-order valence-corrected chi connectivity index (χ3v) is 11.8. The van der Waals surface area contributed by atoms with Crippen molar-refractivity contribution in [1.82, 2.24) is 4.57 Å². The van der Waals surface area contributed by atoms with Crippen LogP contribution in [0.3, 0.4) is 0 Å². The molecule has 0 fully saturated rings. The zero-order chi connectivity index (χ0) is 27.8. The number of anilines is 1. The smallest absolute Gasteiger partial charge is 0.0641 e. The summed E-state index contributed by atoms with van der Waals surface area (Å²) in [7, 11) is 0. The molecule has 3 heterocycles. The molecule has 0 bridgehead atoms. The summed E-state index contributed by atoms with van der Waals surface area (Å²) in [6.07, 6.45) is 0. The van der Waals surface area contributed by atoms with Gasteiger partial charge in [0.1, 0.15) is 0 Å². The van der Waals surface area contributed by atoms with Crippen LogP contribution in [0.5, 0.6) is 0 Å². The standard InChI is InChI=1S/C37H24N2S3/c38-27-18-20-33-35(26-12-4-7-15-31(26)41-33)36(27)40-21-22-17-19-30(37-34(22)25-11-3-8-16-32(25)42-37)39-28-13-5-1-9-23(28)24-10-2-6-14-29(24)39/h1-20H,21,38H2. The van der Waals surface area contributed by atoms with Gasteiger partial charge in [-0.2, -0.15) is 0 Å². The summed E-state index contributed by atoms with van der Waals surface area (Å²) in [5.74, 6) is 0.845. The van der Waals surface area contributed by atoms with Gasteiger partial charge in [-0.15, -0.1) is 34.4 Å². The Balaban J connectivity index is 1.26. The summed E-state index contributed by atoms with van der Waals surface area (Å²) in [5, 5.41) is 7.82. The van der Waals surface area contributed by atoms with E-state index in [1.165, 1.54) is 78.3 Å². The molecule has 0 amide bonds. The number of thiophene rings is 2. The van der Waals surface area contributed by atoms with Gasteiger partial charge in [-0.1, -0.05) is 78.9 Å². The van der Waals surface area contributed by atoms with Crippen molar-refractivity contribution in [3.63, 3.8) is 0 Å². The van der Waals surface area contributed by atoms with Crippen molar-refractivity contribution in [3.05, 3.63) is 127 Å². The van der Waals surface area contributed by atoms with Crippen molar-refractivity contribution in [2.24, 2.45) is 0 Å². The van der Waals surface area contributed by atoms with Gasteiger partial charge in [-0.05, 0) is 48.0 Å². The van der Waals surface area contributed by atoms with Gasteiger partial charge in [-0.3, -0.25) is 0 Å². The van der Waals surface area contributed by atoms with E-state index in [4.69, 9.17) is 5.73 Å². The second-order valence-corrected chi connectivity index (χ2v) is 13.8. The van der Waals surface area contributed by atoms with E-state index in [1.54, 1.807) is 0 Å². The number of aromatic nitrogens is 1. The van der Waals surface area contributed by atoms with E-state index in [1.807, 2.05) is 34.4 Å². The predicted octanol–water partition coefficient (Wildman–Crippen LogP) is 11.4. The predicted molar refractivity (Wildman–Crippen MR) is 187 cm³/mol. The lowest BCUT2D eigenvalue weighted by Crippen LogP contribution is -1.96. The van der Waals surface area contributed by atoms with Gasteiger partial charge < -0.3 is 10.3 Å². The molecule has 0 spiro atoms. The molecular formula is C37H24N2S3. The molecule has 9 aromatic rings. The van der Waals surface area contributed by atoms with E-state index >= 15 is 0 Å². The molecule has 0 saturated heterocycles. The largest absolute Gasteiger partial charge is 0.398 e. The number of thioether (sulfide) groups is 1. The molecule has 2 N–H and O–H groups in total. The van der Waals surface area contributed by atoms with Crippen molar-refractivity contribution in [2.75, 3.05) is 5.73 Å². The van der Waals surface area contributed by atoms with E-state index in [0.29, 0.717) is 0 Å². The monoisotopic (exact) mass is 592 g/mol. The normalized spacial score (nSPS) is 12.1. The number of para-hydroxylation sites is 2. The van der Waals surface area contributed by atoms with Crippen LogP contribution in [-0.2, 0) is 5.75 Å². The van der Waals surface area contributed by atoms with Gasteiger partial charge in [0, 0.05) is 62.8 Å². The summed E-state index contributed by atoms with van der Waals surface area (Å²) in [6, 6.07) is 43.9. The minimum Gasteiger partial charge on any atom is -0.398 e. The number of nitrogens with zero attached hydrogens (tertiary/aromatic N) is 1. The van der Waals surface area contributed by atoms with Crippen LogP contribution in [-0.4, -0.2) is 4.57 Å². The molecule has 0 atom stereocenters. The highest BCUT2D eigenvalue weighted by molar-refractivity contribution is 7.99. The van der Waals surface area contributed by atoms with Gasteiger partial charge in [0.15, 0.2) is 0 Å². The molecule has 0 aliphatic carbocycles. The molecule has 6 aromatic carbocycles. The Labute approximate surface area is 254 Å². The van der Waals surface area contributed by atoms with E-state index < -0.39 is 0 Å². The van der Waals surface area contributed by atoms with E-state index in [2.05, 4.69) is 126 Å². The molecule has 2 nitrogen and oxygen atoms in total. The Hall–Kier alpha value is -4.29. The first-order valence-electron chi connectivity index (χ1n) is 14.0. The van der Waals surface area contributed by atoms with Crippen LogP contribution >= 0.6 is 34.4 Å². The second-order valence-electron chi connectivity index (χ2n) is 10.7. The summed E-state index contributed by atoms with van der Waals surface area (Å²) < 4.78 is 7.70. The zero-order valence-electron chi connectivity index (χ0n) is 22.5. The lowest BCUT2D eigenvalue weighted by atomic mass is 10.1. The highest BCUT2D eigenvalue weighted by atomic mass is 32.2. The maximum absolute atomic E-state index is 6.66. The third kappa shape index (κ3) is 3.51. The molecule has 0 aliphatic rings. The average Bonchev–Trinajstić information content (AvgIpc) is 3.71. The summed E-state index contributed by atoms with van der Waals surface area (Å²) in [6.45, 7) is 0. The Morgan fingerprint density at radius 2 is 1.14 bits per heavy atom. The fourth-order valence-corrected chi connectivity index (χ4v) is 10.0. The number of benzene rings is 6. The van der Waals surface area contributed by atoms with Crippen molar-refractivity contribution >= 4 is 102 Å². The van der Waals surface area contributed by atoms with Gasteiger partial charge in [0.25, 0.3) is 0 Å². The molecule has 0 saturated carbocycles. The minimum atomic E-state index is 0.845. The molecule has 42 heavy (non-hydrogen) atoms. The Kier molecular flexibility index (Phi) is 5.42. The molecular weight excluding hydrogens is 569 g/mol. The van der Waals surface area contributed by atoms with Crippen LogP contribution in [0.25, 0.3) is 67.8 Å². The van der Waals surface area contributed by atoms with Crippen LogP contribution in [0.1, 0.15) is 5.56 Å². The SMILES string of the molecule is Nc1ccc2sc3ccccc3c2c1SCc1ccc(-n2c3ccccc3c3ccccc32)c2sc3ccccc3c12. The number of hydrogen-bond acceptors (Lipinski definition) is 4. The fraction of sp³-hybridized carbons (Fsp3) is 0.0270. The van der Waals surface area contributed by atoms with Crippen molar-refractivity contribution in [2.45, 2.75) is 10.6 Å². The van der Waals surface area contributed by atoms with Gasteiger partial charge in [0.2, 0.25) is 0 Å². The summed E-state index contributed by atoms with van der Waals surface area (Å²) in [5.41, 5.74) is 12.6. The van der Waals surface area contributed by atoms with Gasteiger partial charge in [0.05, 0.1) is 21.4 Å². The number of hydrogen-bond donors (Lipinski definition) is 1. The quantitative estimate of drug-likeness (QED) is 0.163. The van der Waals surface area contributed by atoms with Crippen LogP contribution < -0.4 is 5.73 Å². The maximum Gasteiger partial charge on any atom is 0.0641 e. The highest BCUT2D eigenvalue weighted by Crippen LogP contribution is 2.46. The fourth-order valence-electron chi connectivity index (χ4n) is 6.47. The zero-order valence-corrected chi connectivity index (χ0v) is 25.0. The lowest BCUT2D eigenvalue weighted by Gasteiger charge is -2.13. The average molecular weight is 593 g/mol. The lowest BCUT2D eigenvalue weighted by molar-refractivity contribution is 1.20. The van der Waals surface area contributed by atoms with Gasteiger partial charge in [-0.25, -0.2) is 0 Å². The Morgan fingerprint density at radius 1 is 0.548 bits per heavy atom. The first kappa shape index (κ1) is 24.3. The van der Waals surface area contributed by atoms with Crippen LogP contribution in [0.15, 0.2) is 126 Å². The second kappa shape index (κ2) is 9.36. The summed E-state index contributed by atoms with van der Waals surface area (Å²) >= 11 is 5.60. The summed E-state index contributed by atoms with van der Waals surface area (Å²) in [4.78, 5) is 1.18. The number of nitrogens with two attached hydrogens (primary N) is 1. The molecule has 200 valence electrons. The molecule has 9 rings (SSSR count). The molecule has 3 aromatic heterocycles. The van der Waals surface area contributed by atoms with Gasteiger partial charge >= 0.3 is 0 Å². The van der Waals surface area contributed by atoms with Crippen LogP contribution in [0, 0.1) is 0 Å². The van der Waals surface area contributed by atoms with Crippen LogP contribution in [0.2, 0.25) is 0 Å². The first-order chi connectivity index (χ1) is 20.8. The minimum absolute atomic E-state index is 0.845. The molecule has 0 radical (unpaired) electrons. The number of fused-ring (bicyclic) bond motifs is 9. The van der Waals surface area contributed by atoms with E-state index in [9.17, 15) is 0 Å². The molecule has 0 unspecified atom stereocenters. The van der Waals surface area contributed by atoms with Crippen molar-refractivity contribution in [1.29, 1.82) is 0 Å². The molecule has 5 heteroatoms. The van der Waals surface area contributed by atoms with E-state index in [0.717, 1.165) is 11.4 Å². The highest BCUT2D eigenvalue weighted by Gasteiger charge is 2.19. The number of nitrogen functional groups attached to an aromatic ring is 1. The Morgan fingerprint density at radius 3 is 1.86 bits per heavy atom. The topological polar surface area (TPSA) is 30.9 Å². The maximum atomic E-state index is 6.66. The van der Waals surface area contributed by atoms with Crippen molar-refractivity contribution in [3.8, 4) is 5.69 Å².